The van der Waals surface area contributed by atoms with Crippen LogP contribution in [0.15, 0.2) is 42.5 Å². The van der Waals surface area contributed by atoms with Gasteiger partial charge in [-0.25, -0.2) is 4.79 Å². The van der Waals surface area contributed by atoms with Crippen molar-refractivity contribution in [3.8, 4) is 5.75 Å². The molecule has 2 aromatic carbocycles. The number of carbonyl (C=O) groups is 1. The second-order valence-electron chi connectivity index (χ2n) is 5.02. The van der Waals surface area contributed by atoms with Crippen LogP contribution in [0.3, 0.4) is 0 Å². The molecule has 2 N–H and O–H groups in total. The summed E-state index contributed by atoms with van der Waals surface area (Å²) in [5.41, 5.74) is -0.569. The summed E-state index contributed by atoms with van der Waals surface area (Å²) in [6.45, 7) is -2.91. The van der Waals surface area contributed by atoms with E-state index in [4.69, 9.17) is 11.6 Å². The highest BCUT2D eigenvalue weighted by atomic mass is 35.5. The molecule has 0 saturated carbocycles. The number of hydrogen-bond acceptors (Lipinski definition) is 2. The number of anilines is 1. The van der Waals surface area contributed by atoms with Crippen LogP contribution in [0.25, 0.3) is 0 Å². The number of nitrogens with one attached hydrogen (secondary N) is 2. The van der Waals surface area contributed by atoms with E-state index in [2.05, 4.69) is 15.4 Å². The lowest BCUT2D eigenvalue weighted by atomic mass is 10.2. The first kappa shape index (κ1) is 19.8. The Balaban J connectivity index is 1.93. The SMILES string of the molecule is O=C(NCc1ccc(OC(F)F)cc1)Nc1ccc(Cl)c(C(F)(F)F)c1. The standard InChI is InChI=1S/C16H12ClF5N2O2/c17-13-6-3-10(7-12(13)16(20,21)22)24-15(25)23-8-9-1-4-11(5-2-9)26-14(18)19/h1-7,14H,8H2,(H2,23,24,25). The number of hydrogen-bond donors (Lipinski definition) is 2. The quantitative estimate of drug-likeness (QED) is 0.678. The maximum atomic E-state index is 12.8. The highest BCUT2D eigenvalue weighted by Gasteiger charge is 2.33. The van der Waals surface area contributed by atoms with Crippen molar-refractivity contribution in [3.63, 3.8) is 0 Å². The first-order chi connectivity index (χ1) is 12.1. The molecule has 0 aliphatic carbocycles. The van der Waals surface area contributed by atoms with Crippen LogP contribution in [0, 0.1) is 0 Å². The van der Waals surface area contributed by atoms with Crippen LogP contribution >= 0.6 is 11.6 Å². The first-order valence-corrected chi connectivity index (χ1v) is 7.48. The number of halogens is 6. The fraction of sp³-hybridized carbons (Fsp3) is 0.188. The van der Waals surface area contributed by atoms with E-state index >= 15 is 0 Å². The predicted molar refractivity (Wildman–Crippen MR) is 85.4 cm³/mol. The smallest absolute Gasteiger partial charge is 0.417 e. The Bertz CT molecular complexity index is 766. The van der Waals surface area contributed by atoms with Crippen molar-refractivity contribution < 1.29 is 31.5 Å². The summed E-state index contributed by atoms with van der Waals surface area (Å²) in [6, 6.07) is 7.76. The van der Waals surface area contributed by atoms with Crippen LogP contribution < -0.4 is 15.4 Å². The van der Waals surface area contributed by atoms with Gasteiger partial charge in [-0.1, -0.05) is 23.7 Å². The molecule has 0 aromatic heterocycles. The molecule has 140 valence electrons. The van der Waals surface area contributed by atoms with E-state index in [-0.39, 0.29) is 18.0 Å². The number of carbonyl (C=O) groups excluding carboxylic acids is 1. The van der Waals surface area contributed by atoms with Crippen molar-refractivity contribution in [2.45, 2.75) is 19.3 Å². The number of rotatable bonds is 5. The minimum Gasteiger partial charge on any atom is -0.435 e. The van der Waals surface area contributed by atoms with Gasteiger partial charge in [0.2, 0.25) is 0 Å². The molecule has 2 aromatic rings. The topological polar surface area (TPSA) is 50.4 Å². The van der Waals surface area contributed by atoms with E-state index in [1.807, 2.05) is 0 Å². The predicted octanol–water partition coefficient (Wildman–Crippen LogP) is 5.28. The Morgan fingerprint density at radius 3 is 2.35 bits per heavy atom. The lowest BCUT2D eigenvalue weighted by molar-refractivity contribution is -0.137. The number of urea groups is 1. The molecule has 0 bridgehead atoms. The second-order valence-corrected chi connectivity index (χ2v) is 5.43. The third-order valence-corrected chi connectivity index (χ3v) is 3.46. The first-order valence-electron chi connectivity index (χ1n) is 7.10. The molecule has 0 fully saturated rings. The summed E-state index contributed by atoms with van der Waals surface area (Å²) in [4.78, 5) is 11.8. The second kappa shape index (κ2) is 8.22. The lowest BCUT2D eigenvalue weighted by Crippen LogP contribution is -2.28. The Morgan fingerprint density at radius 2 is 1.77 bits per heavy atom. The molecule has 0 radical (unpaired) electrons. The van der Waals surface area contributed by atoms with E-state index in [9.17, 15) is 26.7 Å². The summed E-state index contributed by atoms with van der Waals surface area (Å²) >= 11 is 5.50. The molecule has 0 saturated heterocycles. The van der Waals surface area contributed by atoms with Gasteiger partial charge in [0, 0.05) is 12.2 Å². The Hall–Kier alpha value is -2.55. The van der Waals surface area contributed by atoms with Crippen LogP contribution in [-0.2, 0) is 12.7 Å². The van der Waals surface area contributed by atoms with Gasteiger partial charge >= 0.3 is 18.8 Å². The monoisotopic (exact) mass is 394 g/mol. The molecule has 0 unspecified atom stereocenters. The normalized spacial score (nSPS) is 11.3. The molecule has 0 aliphatic rings. The zero-order valence-corrected chi connectivity index (χ0v) is 13.7. The number of amides is 2. The number of alkyl halides is 5. The molecule has 0 aliphatic heterocycles. The van der Waals surface area contributed by atoms with E-state index < -0.39 is 29.4 Å². The van der Waals surface area contributed by atoms with E-state index in [1.54, 1.807) is 0 Å². The molecule has 10 heteroatoms. The van der Waals surface area contributed by atoms with Crippen LogP contribution in [0.2, 0.25) is 5.02 Å². The summed E-state index contributed by atoms with van der Waals surface area (Å²) in [5, 5.41) is 4.21. The van der Waals surface area contributed by atoms with Gasteiger partial charge in [0.25, 0.3) is 0 Å². The number of benzene rings is 2. The third-order valence-electron chi connectivity index (χ3n) is 3.13. The van der Waals surface area contributed by atoms with E-state index in [1.165, 1.54) is 30.3 Å². The number of ether oxygens (including phenoxy) is 1. The van der Waals surface area contributed by atoms with Crippen LogP contribution in [0.1, 0.15) is 11.1 Å². The van der Waals surface area contributed by atoms with E-state index in [0.717, 1.165) is 12.1 Å². The van der Waals surface area contributed by atoms with E-state index in [0.29, 0.717) is 5.56 Å². The maximum Gasteiger partial charge on any atom is 0.417 e. The van der Waals surface area contributed by atoms with Crippen molar-refractivity contribution >= 4 is 23.3 Å². The van der Waals surface area contributed by atoms with Crippen LogP contribution in [0.4, 0.5) is 32.4 Å². The highest BCUT2D eigenvalue weighted by molar-refractivity contribution is 6.31. The Morgan fingerprint density at radius 1 is 1.12 bits per heavy atom. The molecule has 2 amide bonds. The van der Waals surface area contributed by atoms with Crippen LogP contribution in [0.5, 0.6) is 5.75 Å². The van der Waals surface area contributed by atoms with Gasteiger partial charge in [-0.3, -0.25) is 0 Å². The van der Waals surface area contributed by atoms with Gasteiger partial charge in [-0.2, -0.15) is 22.0 Å². The zero-order chi connectivity index (χ0) is 19.3. The van der Waals surface area contributed by atoms with Gasteiger partial charge in [0.15, 0.2) is 0 Å². The fourth-order valence-electron chi connectivity index (χ4n) is 1.97. The third kappa shape index (κ3) is 5.76. The largest absolute Gasteiger partial charge is 0.435 e. The summed E-state index contributed by atoms with van der Waals surface area (Å²) in [7, 11) is 0. The van der Waals surface area contributed by atoms with Crippen molar-refractivity contribution in [3.05, 3.63) is 58.6 Å². The summed E-state index contributed by atoms with van der Waals surface area (Å²) in [5.74, 6) is -0.0333. The van der Waals surface area contributed by atoms with Crippen molar-refractivity contribution in [2.24, 2.45) is 0 Å². The molecule has 2 rings (SSSR count). The average molecular weight is 395 g/mol. The lowest BCUT2D eigenvalue weighted by Gasteiger charge is -2.12. The molecule has 0 spiro atoms. The summed E-state index contributed by atoms with van der Waals surface area (Å²) in [6.07, 6.45) is -4.65. The Kier molecular flexibility index (Phi) is 6.25. The average Bonchev–Trinajstić information content (AvgIpc) is 2.54. The zero-order valence-electron chi connectivity index (χ0n) is 12.9. The minimum absolute atomic E-state index is 0.0283. The van der Waals surface area contributed by atoms with Gasteiger partial charge in [-0.05, 0) is 35.9 Å². The molecule has 26 heavy (non-hydrogen) atoms. The van der Waals surface area contributed by atoms with Gasteiger partial charge in [-0.15, -0.1) is 0 Å². The maximum absolute atomic E-state index is 12.8. The molecule has 0 heterocycles. The molecule has 0 atom stereocenters. The van der Waals surface area contributed by atoms with Gasteiger partial charge in [0.05, 0.1) is 10.6 Å². The molecular formula is C16H12ClF5N2O2. The molecule has 4 nitrogen and oxygen atoms in total. The summed E-state index contributed by atoms with van der Waals surface area (Å²) < 4.78 is 66.6. The fourth-order valence-corrected chi connectivity index (χ4v) is 2.19. The minimum atomic E-state index is -4.65. The Labute approximate surface area is 149 Å². The highest BCUT2D eigenvalue weighted by Crippen LogP contribution is 2.36. The van der Waals surface area contributed by atoms with Crippen molar-refractivity contribution in [2.75, 3.05) is 5.32 Å². The van der Waals surface area contributed by atoms with Crippen molar-refractivity contribution in [1.82, 2.24) is 5.32 Å². The van der Waals surface area contributed by atoms with Gasteiger partial charge < -0.3 is 15.4 Å². The van der Waals surface area contributed by atoms with Crippen LogP contribution in [-0.4, -0.2) is 12.6 Å². The van der Waals surface area contributed by atoms with Gasteiger partial charge in [0.1, 0.15) is 5.75 Å². The van der Waals surface area contributed by atoms with Crippen molar-refractivity contribution in [1.29, 1.82) is 0 Å². The molecular weight excluding hydrogens is 383 g/mol.